The molecular formula is C26H31N7O. The second-order valence-corrected chi connectivity index (χ2v) is 9.58. The standard InChI is InChI=1S/C26H31N7O/c1-17(34)27-21-6-5-7-22-24(21)25(31-30-22)26-28-20-9-8-19(16-23(20)29-26)33-14-10-18(11-15-33)32-12-3-2-4-13-32/h5-9,16,18H,2-4,10-15H2,1H3,(H,27,34)(H,28,29)(H,30,31). The Kier molecular flexibility index (Phi) is 5.45. The van der Waals surface area contributed by atoms with Crippen molar-refractivity contribution in [3.8, 4) is 11.5 Å². The highest BCUT2D eigenvalue weighted by atomic mass is 16.1. The Morgan fingerprint density at radius 1 is 1.03 bits per heavy atom. The largest absolute Gasteiger partial charge is 0.371 e. The highest BCUT2D eigenvalue weighted by Gasteiger charge is 2.26. The molecule has 0 unspecified atom stereocenters. The smallest absolute Gasteiger partial charge is 0.221 e. The summed E-state index contributed by atoms with van der Waals surface area (Å²) in [5, 5.41) is 11.3. The van der Waals surface area contributed by atoms with Crippen LogP contribution in [-0.4, -0.2) is 63.2 Å². The van der Waals surface area contributed by atoms with E-state index in [4.69, 9.17) is 4.98 Å². The number of amides is 1. The zero-order valence-corrected chi connectivity index (χ0v) is 19.6. The molecular weight excluding hydrogens is 426 g/mol. The first kappa shape index (κ1) is 21.2. The summed E-state index contributed by atoms with van der Waals surface area (Å²) >= 11 is 0. The van der Waals surface area contributed by atoms with Gasteiger partial charge in [0.25, 0.3) is 0 Å². The molecule has 0 aliphatic carbocycles. The zero-order valence-electron chi connectivity index (χ0n) is 19.6. The fraction of sp³-hybridized carbons (Fsp3) is 0.423. The maximum Gasteiger partial charge on any atom is 0.221 e. The highest BCUT2D eigenvalue weighted by molar-refractivity contribution is 6.06. The van der Waals surface area contributed by atoms with E-state index in [2.05, 4.69) is 48.5 Å². The third-order valence-electron chi connectivity index (χ3n) is 7.33. The number of nitrogens with zero attached hydrogens (tertiary/aromatic N) is 4. The van der Waals surface area contributed by atoms with Gasteiger partial charge in [0, 0.05) is 31.7 Å². The zero-order chi connectivity index (χ0) is 23.1. The van der Waals surface area contributed by atoms with Crippen LogP contribution in [0.4, 0.5) is 11.4 Å². The summed E-state index contributed by atoms with van der Waals surface area (Å²) in [7, 11) is 0. The Balaban J connectivity index is 1.25. The first-order chi connectivity index (χ1) is 16.7. The van der Waals surface area contributed by atoms with Crippen LogP contribution >= 0.6 is 0 Å². The summed E-state index contributed by atoms with van der Waals surface area (Å²) in [5.41, 5.74) is 5.45. The Bertz CT molecular complexity index is 1330. The number of benzene rings is 2. The number of imidazole rings is 1. The molecule has 0 saturated carbocycles. The number of carbonyl (C=O) groups is 1. The van der Waals surface area contributed by atoms with Crippen molar-refractivity contribution >= 4 is 39.2 Å². The van der Waals surface area contributed by atoms with Crippen molar-refractivity contribution in [2.45, 2.75) is 45.1 Å². The van der Waals surface area contributed by atoms with Crippen molar-refractivity contribution in [2.75, 3.05) is 36.4 Å². The van der Waals surface area contributed by atoms with Gasteiger partial charge in [-0.15, -0.1) is 0 Å². The third kappa shape index (κ3) is 3.92. The van der Waals surface area contributed by atoms with E-state index in [1.165, 1.54) is 57.8 Å². The number of hydrogen-bond donors (Lipinski definition) is 3. The van der Waals surface area contributed by atoms with Crippen LogP contribution in [0.15, 0.2) is 36.4 Å². The van der Waals surface area contributed by atoms with Gasteiger partial charge >= 0.3 is 0 Å². The summed E-state index contributed by atoms with van der Waals surface area (Å²) in [5.74, 6) is 0.581. The predicted molar refractivity (Wildman–Crippen MR) is 136 cm³/mol. The summed E-state index contributed by atoms with van der Waals surface area (Å²) in [6, 6.07) is 12.9. The number of piperidine rings is 2. The molecule has 4 aromatic rings. The van der Waals surface area contributed by atoms with Gasteiger partial charge in [0.2, 0.25) is 5.91 Å². The average Bonchev–Trinajstić information content (AvgIpc) is 3.48. The summed E-state index contributed by atoms with van der Waals surface area (Å²) in [6.45, 7) is 6.25. The highest BCUT2D eigenvalue weighted by Crippen LogP contribution is 2.33. The van der Waals surface area contributed by atoms with E-state index in [0.29, 0.717) is 11.5 Å². The maximum absolute atomic E-state index is 11.7. The predicted octanol–water partition coefficient (Wildman–Crippen LogP) is 4.52. The molecule has 2 aliphatic heterocycles. The van der Waals surface area contributed by atoms with Gasteiger partial charge < -0.3 is 20.1 Å². The van der Waals surface area contributed by atoms with Crippen LogP contribution in [0.3, 0.4) is 0 Å². The molecule has 3 N–H and O–H groups in total. The topological polar surface area (TPSA) is 92.9 Å². The minimum atomic E-state index is -0.113. The summed E-state index contributed by atoms with van der Waals surface area (Å²) in [4.78, 5) is 25.2. The van der Waals surface area contributed by atoms with Gasteiger partial charge in [-0.25, -0.2) is 4.98 Å². The maximum atomic E-state index is 11.7. The van der Waals surface area contributed by atoms with Gasteiger partial charge in [0.15, 0.2) is 5.82 Å². The van der Waals surface area contributed by atoms with E-state index in [1.54, 1.807) is 0 Å². The summed E-state index contributed by atoms with van der Waals surface area (Å²) in [6.07, 6.45) is 6.58. The Morgan fingerprint density at radius 3 is 2.65 bits per heavy atom. The molecule has 1 amide bonds. The quantitative estimate of drug-likeness (QED) is 0.419. The van der Waals surface area contributed by atoms with Gasteiger partial charge in [0.1, 0.15) is 5.69 Å². The normalized spacial score (nSPS) is 18.1. The van der Waals surface area contributed by atoms with Crippen LogP contribution in [0.25, 0.3) is 33.5 Å². The number of H-pyrrole nitrogens is 2. The van der Waals surface area contributed by atoms with Gasteiger partial charge in [-0.05, 0) is 69.1 Å². The summed E-state index contributed by atoms with van der Waals surface area (Å²) < 4.78 is 0. The van der Waals surface area contributed by atoms with E-state index in [0.717, 1.165) is 46.8 Å². The first-order valence-electron chi connectivity index (χ1n) is 12.4. The minimum absolute atomic E-state index is 0.113. The Morgan fingerprint density at radius 2 is 1.85 bits per heavy atom. The molecule has 2 aromatic heterocycles. The molecule has 2 aliphatic rings. The number of hydrogen-bond acceptors (Lipinski definition) is 5. The van der Waals surface area contributed by atoms with Crippen LogP contribution in [-0.2, 0) is 4.79 Å². The van der Waals surface area contributed by atoms with Crippen molar-refractivity contribution in [1.82, 2.24) is 25.1 Å². The molecule has 8 nitrogen and oxygen atoms in total. The first-order valence-corrected chi connectivity index (χ1v) is 12.4. The third-order valence-corrected chi connectivity index (χ3v) is 7.33. The monoisotopic (exact) mass is 457 g/mol. The average molecular weight is 458 g/mol. The van der Waals surface area contributed by atoms with Crippen molar-refractivity contribution in [3.05, 3.63) is 36.4 Å². The second-order valence-electron chi connectivity index (χ2n) is 9.58. The van der Waals surface area contributed by atoms with Gasteiger partial charge in [-0.1, -0.05) is 12.5 Å². The minimum Gasteiger partial charge on any atom is -0.371 e. The van der Waals surface area contributed by atoms with Gasteiger partial charge in [-0.2, -0.15) is 5.10 Å². The number of fused-ring (bicyclic) bond motifs is 2. The molecule has 0 atom stereocenters. The lowest BCUT2D eigenvalue weighted by atomic mass is 9.99. The van der Waals surface area contributed by atoms with Crippen LogP contribution in [0, 0.1) is 0 Å². The number of rotatable bonds is 4. The molecule has 6 rings (SSSR count). The SMILES string of the molecule is CC(=O)Nc1cccc2[nH]nc(-c3nc4ccc(N5CCC(N6CCCCC6)CC5)cc4[nH]3)c12. The number of nitrogens with one attached hydrogen (secondary N) is 3. The number of aromatic nitrogens is 4. The number of carbonyl (C=O) groups excluding carboxylic acids is 1. The molecule has 0 bridgehead atoms. The number of anilines is 2. The molecule has 8 heteroatoms. The molecule has 2 fully saturated rings. The van der Waals surface area contributed by atoms with Crippen molar-refractivity contribution in [2.24, 2.45) is 0 Å². The lowest BCUT2D eigenvalue weighted by Gasteiger charge is -2.41. The lowest BCUT2D eigenvalue weighted by molar-refractivity contribution is -0.114. The van der Waals surface area contributed by atoms with Crippen molar-refractivity contribution in [3.63, 3.8) is 0 Å². The fourth-order valence-electron chi connectivity index (χ4n) is 5.62. The molecule has 2 saturated heterocycles. The van der Waals surface area contributed by atoms with E-state index < -0.39 is 0 Å². The molecule has 0 radical (unpaired) electrons. The fourth-order valence-corrected chi connectivity index (χ4v) is 5.62. The van der Waals surface area contributed by atoms with Gasteiger partial charge in [-0.3, -0.25) is 9.89 Å². The van der Waals surface area contributed by atoms with Crippen LogP contribution < -0.4 is 10.2 Å². The van der Waals surface area contributed by atoms with E-state index in [-0.39, 0.29) is 5.91 Å². The molecule has 0 spiro atoms. The molecule has 34 heavy (non-hydrogen) atoms. The molecule has 2 aromatic carbocycles. The van der Waals surface area contributed by atoms with E-state index in [1.807, 2.05) is 18.2 Å². The Hall–Kier alpha value is -3.39. The van der Waals surface area contributed by atoms with E-state index >= 15 is 0 Å². The van der Waals surface area contributed by atoms with Crippen molar-refractivity contribution in [1.29, 1.82) is 0 Å². The number of aromatic amines is 2. The second kappa shape index (κ2) is 8.76. The molecule has 176 valence electrons. The van der Waals surface area contributed by atoms with Crippen LogP contribution in [0.5, 0.6) is 0 Å². The van der Waals surface area contributed by atoms with E-state index in [9.17, 15) is 4.79 Å². The molecule has 4 heterocycles. The Labute approximate surface area is 198 Å². The van der Waals surface area contributed by atoms with Crippen molar-refractivity contribution < 1.29 is 4.79 Å². The van der Waals surface area contributed by atoms with Crippen LogP contribution in [0.2, 0.25) is 0 Å². The van der Waals surface area contributed by atoms with Gasteiger partial charge in [0.05, 0.1) is 27.6 Å². The number of likely N-dealkylation sites (tertiary alicyclic amines) is 1. The van der Waals surface area contributed by atoms with Crippen LogP contribution in [0.1, 0.15) is 39.0 Å². The lowest BCUT2D eigenvalue weighted by Crippen LogP contribution is -2.46.